The molecule has 5 aromatic rings. The normalized spacial score (nSPS) is 18.6. The number of aliphatic carboxylic acids is 1. The predicted molar refractivity (Wildman–Crippen MR) is 226 cm³/mol. The quantitative estimate of drug-likeness (QED) is 0.104. The molecule has 1 aliphatic heterocycles. The Morgan fingerprint density at radius 2 is 1.80 bits per heavy atom. The number of likely N-dealkylation sites (tertiary alicyclic amines) is 1. The molecule has 0 amide bonds. The Morgan fingerprint density at radius 3 is 2.58 bits per heavy atom. The van der Waals surface area contributed by atoms with E-state index in [2.05, 4.69) is 33.4 Å². The van der Waals surface area contributed by atoms with Crippen molar-refractivity contribution in [1.82, 2.24) is 25.2 Å². The Labute approximate surface area is 358 Å². The Balaban J connectivity index is 1.02. The number of halogens is 2. The Hall–Kier alpha value is -5.58. The van der Waals surface area contributed by atoms with Crippen molar-refractivity contribution in [2.75, 3.05) is 26.7 Å². The van der Waals surface area contributed by atoms with E-state index in [4.69, 9.17) is 47.4 Å². The van der Waals surface area contributed by atoms with Crippen LogP contribution < -0.4 is 19.5 Å². The van der Waals surface area contributed by atoms with Crippen molar-refractivity contribution >= 4 is 35.0 Å². The molecular weight excluding hydrogens is 803 g/mol. The third kappa shape index (κ3) is 9.10. The molecule has 1 saturated carbocycles. The molecule has 0 bridgehead atoms. The number of hydrogen-bond donors (Lipinski definition) is 2. The molecule has 3 aliphatic rings. The van der Waals surface area contributed by atoms with Gasteiger partial charge in [0.1, 0.15) is 29.6 Å². The average molecular weight is 848 g/mol. The number of nitriles is 1. The first-order valence-corrected chi connectivity index (χ1v) is 20.9. The van der Waals surface area contributed by atoms with E-state index < -0.39 is 11.9 Å². The maximum absolute atomic E-state index is 11.7. The number of carbonyl (C=O) groups excluding carboxylic acids is 1. The molecule has 2 N–H and O–H groups in total. The summed E-state index contributed by atoms with van der Waals surface area (Å²) in [6, 6.07) is 21.6. The molecule has 2 aromatic carbocycles. The molecule has 3 atom stereocenters. The van der Waals surface area contributed by atoms with Gasteiger partial charge in [-0.1, -0.05) is 65.7 Å². The Kier molecular flexibility index (Phi) is 12.6. The third-order valence-electron chi connectivity index (χ3n) is 11.6. The summed E-state index contributed by atoms with van der Waals surface area (Å²) in [5.41, 5.74) is 8.22. The van der Waals surface area contributed by atoms with Crippen LogP contribution >= 0.6 is 23.2 Å². The Bertz CT molecular complexity index is 2480. The molecule has 60 heavy (non-hydrogen) atoms. The van der Waals surface area contributed by atoms with Gasteiger partial charge in [-0.05, 0) is 79.6 Å². The summed E-state index contributed by atoms with van der Waals surface area (Å²) in [5, 5.41) is 23.3. The molecule has 8 rings (SSSR count). The van der Waals surface area contributed by atoms with Crippen LogP contribution in [0, 0.1) is 23.2 Å². The number of methoxy groups -OCH3 is 1. The zero-order valence-electron chi connectivity index (χ0n) is 33.1. The van der Waals surface area contributed by atoms with Crippen LogP contribution in [-0.4, -0.2) is 63.5 Å². The van der Waals surface area contributed by atoms with Crippen molar-refractivity contribution < 1.29 is 28.9 Å². The summed E-state index contributed by atoms with van der Waals surface area (Å²) in [5.74, 6) is 0.516. The number of carboxylic acid groups (broad SMARTS) is 1. The lowest BCUT2D eigenvalue weighted by Gasteiger charge is -2.21. The van der Waals surface area contributed by atoms with Crippen LogP contribution in [0.4, 0.5) is 0 Å². The smallest absolute Gasteiger partial charge is 0.307 e. The predicted octanol–water partition coefficient (Wildman–Crippen LogP) is 8.40. The number of carbonyl (C=O) groups is 2. The van der Waals surface area contributed by atoms with E-state index in [0.29, 0.717) is 108 Å². The van der Waals surface area contributed by atoms with Gasteiger partial charge in [0, 0.05) is 72.7 Å². The first-order valence-electron chi connectivity index (χ1n) is 20.1. The van der Waals surface area contributed by atoms with Crippen LogP contribution in [0.5, 0.6) is 17.6 Å². The van der Waals surface area contributed by atoms with Gasteiger partial charge in [0.15, 0.2) is 0 Å². The second-order valence-corrected chi connectivity index (χ2v) is 16.4. The Morgan fingerprint density at radius 1 is 0.967 bits per heavy atom. The summed E-state index contributed by atoms with van der Waals surface area (Å²) in [6.07, 6.45) is 6.99. The topological polar surface area (TPSA) is 160 Å². The molecule has 2 fully saturated rings. The number of nitrogens with one attached hydrogen (secondary N) is 1. The number of pyridine rings is 3. The number of aromatic nitrogens is 3. The van der Waals surface area contributed by atoms with Crippen LogP contribution in [0.1, 0.15) is 71.6 Å². The number of hydrogen-bond acceptors (Lipinski definition) is 11. The molecule has 0 unspecified atom stereocenters. The van der Waals surface area contributed by atoms with Gasteiger partial charge >= 0.3 is 5.97 Å². The molecule has 14 heteroatoms. The maximum Gasteiger partial charge on any atom is 0.307 e. The number of ether oxygens (including phenoxy) is 3. The van der Waals surface area contributed by atoms with Gasteiger partial charge in [-0.3, -0.25) is 19.5 Å². The van der Waals surface area contributed by atoms with Gasteiger partial charge < -0.3 is 24.6 Å². The number of benzene rings is 2. The van der Waals surface area contributed by atoms with Gasteiger partial charge in [-0.2, -0.15) is 10.2 Å². The third-order valence-corrected chi connectivity index (χ3v) is 12.2. The lowest BCUT2D eigenvalue weighted by atomic mass is 9.94. The molecule has 4 heterocycles. The molecule has 308 valence electrons. The lowest BCUT2D eigenvalue weighted by Crippen LogP contribution is -2.23. The monoisotopic (exact) mass is 846 g/mol. The average Bonchev–Trinajstić information content (AvgIpc) is 4.02. The van der Waals surface area contributed by atoms with Crippen LogP contribution in [0.2, 0.25) is 10.0 Å². The van der Waals surface area contributed by atoms with Crippen molar-refractivity contribution in [1.29, 1.82) is 5.26 Å². The number of rotatable bonds is 15. The lowest BCUT2D eigenvalue weighted by molar-refractivity contribution is -0.141. The van der Waals surface area contributed by atoms with Crippen molar-refractivity contribution in [2.45, 2.75) is 64.3 Å². The number of ketones is 1. The largest absolute Gasteiger partial charge is 0.481 e. The van der Waals surface area contributed by atoms with Crippen LogP contribution in [0.15, 0.2) is 73.1 Å². The molecule has 1 saturated heterocycles. The first kappa shape index (κ1) is 41.2. The fourth-order valence-electron chi connectivity index (χ4n) is 8.48. The van der Waals surface area contributed by atoms with E-state index in [1.807, 2.05) is 36.4 Å². The highest BCUT2D eigenvalue weighted by atomic mass is 35.5. The van der Waals surface area contributed by atoms with Gasteiger partial charge in [0.05, 0.1) is 29.3 Å². The van der Waals surface area contributed by atoms with Crippen molar-refractivity contribution in [3.63, 3.8) is 0 Å². The fraction of sp³-hybridized carbons (Fsp3) is 0.348. The van der Waals surface area contributed by atoms with E-state index in [0.717, 1.165) is 52.8 Å². The zero-order valence-corrected chi connectivity index (χ0v) is 34.6. The van der Waals surface area contributed by atoms with E-state index in [-0.39, 0.29) is 18.6 Å². The van der Waals surface area contributed by atoms with Crippen LogP contribution in [0.25, 0.3) is 22.4 Å². The maximum atomic E-state index is 11.7. The molecule has 0 radical (unpaired) electrons. The highest BCUT2D eigenvalue weighted by molar-refractivity contribution is 6.36. The number of Topliss-reactive ketones (excluding diaryl/α,β-unsaturated/α-hetero) is 1. The minimum atomic E-state index is -0.809. The molecule has 3 aromatic heterocycles. The first-order chi connectivity index (χ1) is 29.2. The van der Waals surface area contributed by atoms with Gasteiger partial charge in [0.2, 0.25) is 17.6 Å². The molecule has 2 aliphatic carbocycles. The SMILES string of the molecule is COc1nc(-c2cccc(-c3cccc4c3CC[C@@H]4Oc3nc(OCc4cncc(C#N)c4)c(CN4CC[C@@H](C(=O)O)C4)cc3Cl)c2Cl)ccc1CNC[C@@H]1CCC(=O)C1. The van der Waals surface area contributed by atoms with E-state index >= 15 is 0 Å². The molecular formula is C46H44Cl2N6O6. The van der Waals surface area contributed by atoms with Gasteiger partial charge in [-0.15, -0.1) is 0 Å². The van der Waals surface area contributed by atoms with E-state index in [1.54, 1.807) is 25.4 Å². The second-order valence-electron chi connectivity index (χ2n) is 15.6. The number of carboxylic acids is 1. The summed E-state index contributed by atoms with van der Waals surface area (Å²) < 4.78 is 18.6. The molecule has 0 spiro atoms. The van der Waals surface area contributed by atoms with Crippen molar-refractivity contribution in [3.05, 3.63) is 116 Å². The van der Waals surface area contributed by atoms with Crippen molar-refractivity contribution in [3.8, 4) is 46.1 Å². The summed E-state index contributed by atoms with van der Waals surface area (Å²) in [4.78, 5) is 39.2. The van der Waals surface area contributed by atoms with E-state index in [9.17, 15) is 20.0 Å². The van der Waals surface area contributed by atoms with E-state index in [1.165, 1.54) is 6.20 Å². The summed E-state index contributed by atoms with van der Waals surface area (Å²) in [6.45, 7) is 2.88. The fourth-order valence-corrected chi connectivity index (χ4v) is 9.03. The van der Waals surface area contributed by atoms with Gasteiger partial charge in [0.25, 0.3) is 0 Å². The van der Waals surface area contributed by atoms with Crippen molar-refractivity contribution in [2.24, 2.45) is 11.8 Å². The minimum Gasteiger partial charge on any atom is -0.481 e. The standard InChI is InChI=1S/C46H44Cl2N6O6/c1-58-43-30(23-51-20-27-8-10-33(55)17-27)9-12-40(52-43)38-7-3-6-37(42(38)48)34-4-2-5-36-35(34)11-13-41(36)60-45-39(47)18-32(25-54-15-14-31(24-54)46(56)57)44(53-45)59-26-29-16-28(19-49)21-50-22-29/h2-7,9,12,16,18,21-22,27,31,41,51H,8,10-11,13-15,17,20,23-26H2,1H3,(H,56,57)/t27-,31-,41+/m1/s1. The van der Waals surface area contributed by atoms with Crippen LogP contribution in [-0.2, 0) is 35.7 Å². The van der Waals surface area contributed by atoms with Crippen LogP contribution in [0.3, 0.4) is 0 Å². The molecule has 12 nitrogen and oxygen atoms in total. The highest BCUT2D eigenvalue weighted by Gasteiger charge is 2.31. The zero-order chi connectivity index (χ0) is 41.8. The summed E-state index contributed by atoms with van der Waals surface area (Å²) >= 11 is 14.1. The van der Waals surface area contributed by atoms with Gasteiger partial charge in [-0.25, -0.2) is 4.98 Å². The number of nitrogens with zero attached hydrogens (tertiary/aromatic N) is 5. The summed E-state index contributed by atoms with van der Waals surface area (Å²) in [7, 11) is 1.61. The number of fused-ring (bicyclic) bond motifs is 1. The second kappa shape index (κ2) is 18.4. The highest BCUT2D eigenvalue weighted by Crippen LogP contribution is 2.45. The minimum absolute atomic E-state index is 0.102.